The third-order valence-corrected chi connectivity index (χ3v) is 1.49. The molecule has 0 aliphatic rings. The minimum atomic E-state index is -0.278. The number of nitrogens with two attached hydrogens (primary N) is 1. The fraction of sp³-hybridized carbons (Fsp3) is 0.875. The third kappa shape index (κ3) is 6.12. The van der Waals surface area contributed by atoms with Gasteiger partial charge in [0, 0.05) is 25.6 Å². The van der Waals surface area contributed by atoms with Gasteiger partial charge in [0.2, 0.25) is 5.91 Å². The molecule has 0 aromatic heterocycles. The van der Waals surface area contributed by atoms with Crippen LogP contribution < -0.4 is 11.1 Å². The number of hydrogen-bond donors (Lipinski definition) is 2. The predicted molar refractivity (Wildman–Crippen MR) is 47.7 cm³/mol. The highest BCUT2D eigenvalue weighted by Crippen LogP contribution is 1.92. The van der Waals surface area contributed by atoms with Gasteiger partial charge in [0.15, 0.2) is 0 Å². The minimum Gasteiger partial charge on any atom is -0.383 e. The molecule has 1 amide bonds. The van der Waals surface area contributed by atoms with E-state index in [0.29, 0.717) is 13.0 Å². The van der Waals surface area contributed by atoms with Gasteiger partial charge in [-0.25, -0.2) is 0 Å². The molecule has 3 N–H and O–H groups in total. The van der Waals surface area contributed by atoms with Crippen molar-refractivity contribution in [1.29, 1.82) is 0 Å². The summed E-state index contributed by atoms with van der Waals surface area (Å²) in [6.45, 7) is 4.57. The molecule has 0 saturated heterocycles. The van der Waals surface area contributed by atoms with Crippen LogP contribution in [-0.4, -0.2) is 31.7 Å². The zero-order chi connectivity index (χ0) is 9.56. The molecule has 0 heterocycles. The van der Waals surface area contributed by atoms with E-state index in [1.807, 2.05) is 13.8 Å². The highest BCUT2D eigenvalue weighted by atomic mass is 16.5. The third-order valence-electron chi connectivity index (χ3n) is 1.49. The average Bonchev–Trinajstić information content (AvgIpc) is 1.84. The molecule has 0 aromatic rings. The van der Waals surface area contributed by atoms with Crippen LogP contribution in [0.1, 0.15) is 20.3 Å². The van der Waals surface area contributed by atoms with Gasteiger partial charge in [-0.15, -0.1) is 0 Å². The number of rotatable bonds is 6. The van der Waals surface area contributed by atoms with E-state index in [-0.39, 0.29) is 18.0 Å². The molecular formula is C8H18N2O2. The van der Waals surface area contributed by atoms with Gasteiger partial charge in [-0.3, -0.25) is 4.79 Å². The number of primary amides is 1. The van der Waals surface area contributed by atoms with Crippen molar-refractivity contribution in [2.75, 3.05) is 13.7 Å². The van der Waals surface area contributed by atoms with E-state index in [2.05, 4.69) is 5.32 Å². The summed E-state index contributed by atoms with van der Waals surface area (Å²) >= 11 is 0. The van der Waals surface area contributed by atoms with Crippen LogP contribution in [0.4, 0.5) is 0 Å². The molecule has 0 aliphatic carbocycles. The van der Waals surface area contributed by atoms with E-state index in [1.165, 1.54) is 0 Å². The zero-order valence-electron chi connectivity index (χ0n) is 7.96. The second-order valence-corrected chi connectivity index (χ2v) is 3.09. The molecule has 0 spiro atoms. The predicted octanol–water partition coefficient (Wildman–Crippen LogP) is -0.125. The van der Waals surface area contributed by atoms with Gasteiger partial charge >= 0.3 is 0 Å². The Labute approximate surface area is 73.5 Å². The van der Waals surface area contributed by atoms with Crippen LogP contribution >= 0.6 is 0 Å². The fourth-order valence-corrected chi connectivity index (χ4v) is 1.14. The lowest BCUT2D eigenvalue weighted by Crippen LogP contribution is -2.39. The standard InChI is InChI=1S/C8H18N2O2/c1-6(4-8(9)11)10-7(2)5-12-3/h6-7,10H,4-5H2,1-3H3,(H2,9,11). The average molecular weight is 174 g/mol. The maximum atomic E-state index is 10.5. The molecule has 0 radical (unpaired) electrons. The molecular weight excluding hydrogens is 156 g/mol. The molecule has 0 bridgehead atoms. The maximum absolute atomic E-state index is 10.5. The number of carbonyl (C=O) groups excluding carboxylic acids is 1. The number of amides is 1. The number of hydrogen-bond acceptors (Lipinski definition) is 3. The Morgan fingerprint density at radius 3 is 2.50 bits per heavy atom. The molecule has 4 heteroatoms. The Kier molecular flexibility index (Phi) is 5.66. The van der Waals surface area contributed by atoms with Gasteiger partial charge in [-0.2, -0.15) is 0 Å². The van der Waals surface area contributed by atoms with Gasteiger partial charge in [0.05, 0.1) is 6.61 Å². The van der Waals surface area contributed by atoms with Crippen LogP contribution in [0.3, 0.4) is 0 Å². The number of ether oxygens (including phenoxy) is 1. The van der Waals surface area contributed by atoms with E-state index in [1.54, 1.807) is 7.11 Å². The molecule has 4 nitrogen and oxygen atoms in total. The summed E-state index contributed by atoms with van der Waals surface area (Å²) < 4.78 is 4.93. The summed E-state index contributed by atoms with van der Waals surface area (Å²) in [5, 5.41) is 3.19. The highest BCUT2D eigenvalue weighted by Gasteiger charge is 2.08. The van der Waals surface area contributed by atoms with Gasteiger partial charge in [0.1, 0.15) is 0 Å². The number of carbonyl (C=O) groups is 1. The van der Waals surface area contributed by atoms with E-state index >= 15 is 0 Å². The Morgan fingerprint density at radius 2 is 2.08 bits per heavy atom. The summed E-state index contributed by atoms with van der Waals surface area (Å²) in [6.07, 6.45) is 0.369. The van der Waals surface area contributed by atoms with Crippen LogP contribution in [0, 0.1) is 0 Å². The van der Waals surface area contributed by atoms with Crippen LogP contribution in [0.2, 0.25) is 0 Å². The van der Waals surface area contributed by atoms with Crippen molar-refractivity contribution < 1.29 is 9.53 Å². The van der Waals surface area contributed by atoms with Gasteiger partial charge < -0.3 is 15.8 Å². The summed E-state index contributed by atoms with van der Waals surface area (Å²) in [5.41, 5.74) is 5.03. The van der Waals surface area contributed by atoms with Gasteiger partial charge in [0.25, 0.3) is 0 Å². The monoisotopic (exact) mass is 174 g/mol. The van der Waals surface area contributed by atoms with E-state index in [0.717, 1.165) is 0 Å². The van der Waals surface area contributed by atoms with Crippen molar-refractivity contribution in [3.8, 4) is 0 Å². The van der Waals surface area contributed by atoms with E-state index in [9.17, 15) is 4.79 Å². The Bertz CT molecular complexity index is 139. The second kappa shape index (κ2) is 5.97. The Hall–Kier alpha value is -0.610. The first-order valence-electron chi connectivity index (χ1n) is 4.09. The van der Waals surface area contributed by atoms with Crippen LogP contribution in [0.5, 0.6) is 0 Å². The first-order valence-corrected chi connectivity index (χ1v) is 4.09. The van der Waals surface area contributed by atoms with Crippen molar-refractivity contribution in [1.82, 2.24) is 5.32 Å². The topological polar surface area (TPSA) is 64.3 Å². The van der Waals surface area contributed by atoms with Crippen molar-refractivity contribution >= 4 is 5.91 Å². The van der Waals surface area contributed by atoms with Crippen LogP contribution in [0.15, 0.2) is 0 Å². The quantitative estimate of drug-likeness (QED) is 0.590. The lowest BCUT2D eigenvalue weighted by Gasteiger charge is -2.17. The molecule has 0 aromatic carbocycles. The summed E-state index contributed by atoms with van der Waals surface area (Å²) in [6, 6.07) is 0.372. The maximum Gasteiger partial charge on any atom is 0.218 e. The first-order chi connectivity index (χ1) is 5.56. The van der Waals surface area contributed by atoms with Crippen molar-refractivity contribution in [3.63, 3.8) is 0 Å². The molecule has 0 aliphatic heterocycles. The number of nitrogens with one attached hydrogen (secondary N) is 1. The molecule has 2 unspecified atom stereocenters. The minimum absolute atomic E-state index is 0.118. The first kappa shape index (κ1) is 11.4. The lowest BCUT2D eigenvalue weighted by atomic mass is 10.2. The van der Waals surface area contributed by atoms with Crippen LogP contribution in [-0.2, 0) is 9.53 Å². The zero-order valence-corrected chi connectivity index (χ0v) is 7.96. The molecule has 2 atom stereocenters. The van der Waals surface area contributed by atoms with Crippen molar-refractivity contribution in [2.24, 2.45) is 5.73 Å². The largest absolute Gasteiger partial charge is 0.383 e. The number of methoxy groups -OCH3 is 1. The summed E-state index contributed by atoms with van der Waals surface area (Å²) in [4.78, 5) is 10.5. The summed E-state index contributed by atoms with van der Waals surface area (Å²) in [7, 11) is 1.65. The van der Waals surface area contributed by atoms with E-state index < -0.39 is 0 Å². The van der Waals surface area contributed by atoms with Crippen LogP contribution in [0.25, 0.3) is 0 Å². The Morgan fingerprint density at radius 1 is 1.50 bits per heavy atom. The molecule has 0 fully saturated rings. The van der Waals surface area contributed by atoms with Gasteiger partial charge in [-0.1, -0.05) is 0 Å². The SMILES string of the molecule is COCC(C)NC(C)CC(N)=O. The normalized spacial score (nSPS) is 15.6. The highest BCUT2D eigenvalue weighted by molar-refractivity contribution is 5.74. The molecule has 0 rings (SSSR count). The second-order valence-electron chi connectivity index (χ2n) is 3.09. The molecule has 12 heavy (non-hydrogen) atoms. The Balaban J connectivity index is 3.53. The lowest BCUT2D eigenvalue weighted by molar-refractivity contribution is -0.118. The van der Waals surface area contributed by atoms with Crippen molar-refractivity contribution in [3.05, 3.63) is 0 Å². The smallest absolute Gasteiger partial charge is 0.218 e. The van der Waals surface area contributed by atoms with Gasteiger partial charge in [-0.05, 0) is 13.8 Å². The molecule has 0 saturated carbocycles. The molecule has 72 valence electrons. The summed E-state index contributed by atoms with van der Waals surface area (Å²) in [5.74, 6) is -0.278. The van der Waals surface area contributed by atoms with E-state index in [4.69, 9.17) is 10.5 Å². The fourth-order valence-electron chi connectivity index (χ4n) is 1.14. The van der Waals surface area contributed by atoms with Crippen molar-refractivity contribution in [2.45, 2.75) is 32.4 Å².